The Balaban J connectivity index is 1.65. The number of piperazine rings is 1. The van der Waals surface area contributed by atoms with Crippen LogP contribution >= 0.6 is 11.6 Å². The minimum atomic E-state index is -0.582. The molecule has 0 saturated carbocycles. The van der Waals surface area contributed by atoms with Gasteiger partial charge in [0.25, 0.3) is 11.6 Å². The minimum absolute atomic E-state index is 0.0636. The average Bonchev–Trinajstić information content (AvgIpc) is 2.99. The zero-order valence-corrected chi connectivity index (χ0v) is 14.4. The van der Waals surface area contributed by atoms with Gasteiger partial charge >= 0.3 is 0 Å². The lowest BCUT2D eigenvalue weighted by Crippen LogP contribution is -2.48. The zero-order chi connectivity index (χ0) is 18.0. The lowest BCUT2D eigenvalue weighted by molar-refractivity contribution is -0.385. The fourth-order valence-corrected chi connectivity index (χ4v) is 2.99. The zero-order valence-electron chi connectivity index (χ0n) is 13.6. The van der Waals surface area contributed by atoms with Crippen molar-refractivity contribution in [1.82, 2.24) is 15.0 Å². The van der Waals surface area contributed by atoms with Crippen LogP contribution in [0.15, 0.2) is 28.8 Å². The first-order valence-electron chi connectivity index (χ1n) is 7.82. The molecule has 0 atom stereocenters. The van der Waals surface area contributed by atoms with Crippen molar-refractivity contribution in [2.75, 3.05) is 26.2 Å². The Morgan fingerprint density at radius 1 is 1.32 bits per heavy atom. The molecule has 0 radical (unpaired) electrons. The van der Waals surface area contributed by atoms with Crippen LogP contribution < -0.4 is 0 Å². The second-order valence-electron chi connectivity index (χ2n) is 5.92. The van der Waals surface area contributed by atoms with Crippen molar-refractivity contribution in [3.63, 3.8) is 0 Å². The van der Waals surface area contributed by atoms with Crippen molar-refractivity contribution in [2.24, 2.45) is 0 Å². The third-order valence-corrected chi connectivity index (χ3v) is 4.34. The van der Waals surface area contributed by atoms with E-state index < -0.39 is 4.92 Å². The molecule has 0 aliphatic carbocycles. The highest BCUT2D eigenvalue weighted by Gasteiger charge is 2.28. The van der Waals surface area contributed by atoms with Gasteiger partial charge in [0.05, 0.1) is 17.2 Å². The molecule has 1 amide bonds. The van der Waals surface area contributed by atoms with Crippen LogP contribution in [0.25, 0.3) is 0 Å². The maximum absolute atomic E-state index is 12.6. The molecule has 1 aromatic carbocycles. The molecular weight excluding hydrogens is 348 g/mol. The molecular formula is C16H17ClN4O4. The SMILES string of the molecule is Cc1cc(CN2CCN(C(=O)c3ccc(Cl)cc3[N+](=O)[O-])CC2)on1. The maximum atomic E-state index is 12.6. The van der Waals surface area contributed by atoms with E-state index in [9.17, 15) is 14.9 Å². The molecule has 1 aromatic heterocycles. The van der Waals surface area contributed by atoms with Crippen LogP contribution in [0, 0.1) is 17.0 Å². The van der Waals surface area contributed by atoms with Crippen molar-refractivity contribution >= 4 is 23.2 Å². The minimum Gasteiger partial charge on any atom is -0.360 e. The van der Waals surface area contributed by atoms with Crippen LogP contribution in [0.5, 0.6) is 0 Å². The number of hydrogen-bond donors (Lipinski definition) is 0. The second-order valence-corrected chi connectivity index (χ2v) is 6.36. The van der Waals surface area contributed by atoms with Crippen LogP contribution in [0.4, 0.5) is 5.69 Å². The van der Waals surface area contributed by atoms with Crippen LogP contribution in [0.2, 0.25) is 5.02 Å². The van der Waals surface area contributed by atoms with Gasteiger partial charge in [0, 0.05) is 43.3 Å². The number of aryl methyl sites for hydroxylation is 1. The highest BCUT2D eigenvalue weighted by Crippen LogP contribution is 2.25. The molecule has 0 bridgehead atoms. The lowest BCUT2D eigenvalue weighted by atomic mass is 10.1. The van der Waals surface area contributed by atoms with Crippen LogP contribution in [0.3, 0.4) is 0 Å². The van der Waals surface area contributed by atoms with Gasteiger partial charge in [-0.15, -0.1) is 0 Å². The molecule has 1 fully saturated rings. The number of aromatic nitrogens is 1. The van der Waals surface area contributed by atoms with E-state index in [1.165, 1.54) is 18.2 Å². The summed E-state index contributed by atoms with van der Waals surface area (Å²) in [6.07, 6.45) is 0. The van der Waals surface area contributed by atoms with Crippen LogP contribution in [0.1, 0.15) is 21.8 Å². The van der Waals surface area contributed by atoms with E-state index in [1.54, 1.807) is 4.90 Å². The van der Waals surface area contributed by atoms with Gasteiger partial charge in [-0.25, -0.2) is 0 Å². The van der Waals surface area contributed by atoms with Gasteiger partial charge < -0.3 is 9.42 Å². The number of nitrogens with zero attached hydrogens (tertiary/aromatic N) is 4. The van der Waals surface area contributed by atoms with Gasteiger partial charge in [-0.05, 0) is 19.1 Å². The Bertz CT molecular complexity index is 799. The van der Waals surface area contributed by atoms with Crippen LogP contribution in [-0.4, -0.2) is 52.0 Å². The summed E-state index contributed by atoms with van der Waals surface area (Å²) in [5.41, 5.74) is 0.629. The molecule has 0 spiro atoms. The molecule has 2 aromatic rings. The number of hydrogen-bond acceptors (Lipinski definition) is 6. The monoisotopic (exact) mass is 364 g/mol. The summed E-state index contributed by atoms with van der Waals surface area (Å²) in [6.45, 7) is 4.80. The molecule has 25 heavy (non-hydrogen) atoms. The Morgan fingerprint density at radius 2 is 2.04 bits per heavy atom. The van der Waals surface area contributed by atoms with Crippen molar-refractivity contribution in [3.8, 4) is 0 Å². The second kappa shape index (κ2) is 7.20. The van der Waals surface area contributed by atoms with E-state index in [-0.39, 0.29) is 22.2 Å². The summed E-state index contributed by atoms with van der Waals surface area (Å²) in [6, 6.07) is 5.99. The first kappa shape index (κ1) is 17.4. The first-order chi connectivity index (χ1) is 11.9. The standard InChI is InChI=1S/C16H17ClN4O4/c1-11-8-13(25-18-11)10-19-4-6-20(7-5-19)16(22)14-3-2-12(17)9-15(14)21(23)24/h2-3,8-9H,4-7,10H2,1H3. The summed E-state index contributed by atoms with van der Waals surface area (Å²) in [5.74, 6) is 0.434. The lowest BCUT2D eigenvalue weighted by Gasteiger charge is -2.34. The van der Waals surface area contributed by atoms with Gasteiger partial charge in [0.15, 0.2) is 5.76 Å². The van der Waals surface area contributed by atoms with E-state index in [0.717, 1.165) is 11.5 Å². The molecule has 1 aliphatic heterocycles. The highest BCUT2D eigenvalue weighted by atomic mass is 35.5. The number of benzene rings is 1. The van der Waals surface area contributed by atoms with E-state index in [0.29, 0.717) is 32.7 Å². The summed E-state index contributed by atoms with van der Waals surface area (Å²) in [7, 11) is 0. The number of nitro benzene ring substituents is 1. The molecule has 132 valence electrons. The van der Waals surface area contributed by atoms with Crippen molar-refractivity contribution in [1.29, 1.82) is 0 Å². The van der Waals surface area contributed by atoms with E-state index >= 15 is 0 Å². The highest BCUT2D eigenvalue weighted by molar-refractivity contribution is 6.31. The Kier molecular flexibility index (Phi) is 5.00. The first-order valence-corrected chi connectivity index (χ1v) is 8.19. The third-order valence-electron chi connectivity index (χ3n) is 4.10. The van der Waals surface area contributed by atoms with Gasteiger partial charge in [-0.1, -0.05) is 16.8 Å². The molecule has 1 aliphatic rings. The number of carbonyl (C=O) groups is 1. The average molecular weight is 365 g/mol. The summed E-state index contributed by atoms with van der Waals surface area (Å²) in [5, 5.41) is 15.3. The Morgan fingerprint density at radius 3 is 2.64 bits per heavy atom. The van der Waals surface area contributed by atoms with Crippen LogP contribution in [-0.2, 0) is 6.54 Å². The number of rotatable bonds is 4. The largest absolute Gasteiger partial charge is 0.360 e. The summed E-state index contributed by atoms with van der Waals surface area (Å²) >= 11 is 5.80. The van der Waals surface area contributed by atoms with E-state index in [1.807, 2.05) is 13.0 Å². The van der Waals surface area contributed by atoms with E-state index in [4.69, 9.17) is 16.1 Å². The molecule has 8 nitrogen and oxygen atoms in total. The van der Waals surface area contributed by atoms with Gasteiger partial charge in [0.1, 0.15) is 5.56 Å². The summed E-state index contributed by atoms with van der Waals surface area (Å²) in [4.78, 5) is 27.0. The molecule has 2 heterocycles. The molecule has 9 heteroatoms. The van der Waals surface area contributed by atoms with Crippen molar-refractivity contribution < 1.29 is 14.2 Å². The van der Waals surface area contributed by atoms with Crippen molar-refractivity contribution in [3.05, 3.63) is 56.4 Å². The summed E-state index contributed by atoms with van der Waals surface area (Å²) < 4.78 is 5.20. The molecule has 0 unspecified atom stereocenters. The van der Waals surface area contributed by atoms with Gasteiger partial charge in [-0.3, -0.25) is 19.8 Å². The topological polar surface area (TPSA) is 92.7 Å². The Hall–Kier alpha value is -2.45. The predicted octanol–water partition coefficient (Wildman–Crippen LogP) is 2.50. The quantitative estimate of drug-likeness (QED) is 0.611. The fourth-order valence-electron chi connectivity index (χ4n) is 2.83. The predicted molar refractivity (Wildman–Crippen MR) is 90.5 cm³/mol. The maximum Gasteiger partial charge on any atom is 0.283 e. The van der Waals surface area contributed by atoms with Crippen molar-refractivity contribution in [2.45, 2.75) is 13.5 Å². The number of carbonyl (C=O) groups excluding carboxylic acids is 1. The molecule has 1 saturated heterocycles. The van der Waals surface area contributed by atoms with Gasteiger partial charge in [-0.2, -0.15) is 0 Å². The Labute approximate surface area is 149 Å². The number of halogens is 1. The molecule has 3 rings (SSSR count). The van der Waals surface area contributed by atoms with Gasteiger partial charge in [0.2, 0.25) is 0 Å². The van der Waals surface area contributed by atoms with E-state index in [2.05, 4.69) is 10.1 Å². The number of nitro groups is 1. The fraction of sp³-hybridized carbons (Fsp3) is 0.375. The smallest absolute Gasteiger partial charge is 0.283 e. The normalized spacial score (nSPS) is 15.4. The third kappa shape index (κ3) is 3.97. The number of amides is 1. The molecule has 0 N–H and O–H groups in total.